The molecule has 0 N–H and O–H groups in total. The summed E-state index contributed by atoms with van der Waals surface area (Å²) in [6.07, 6.45) is 4.27. The summed E-state index contributed by atoms with van der Waals surface area (Å²) in [5.74, 6) is -0.0177. The molecule has 0 aliphatic carbocycles. The molecule has 2 heterocycles. The van der Waals surface area contributed by atoms with E-state index in [9.17, 15) is 9.59 Å². The van der Waals surface area contributed by atoms with Gasteiger partial charge in [0.25, 0.3) is 0 Å². The second kappa shape index (κ2) is 6.80. The van der Waals surface area contributed by atoms with Gasteiger partial charge in [0.15, 0.2) is 0 Å². The van der Waals surface area contributed by atoms with Gasteiger partial charge in [-0.15, -0.1) is 0 Å². The summed E-state index contributed by atoms with van der Waals surface area (Å²) in [4.78, 5) is 29.1. The van der Waals surface area contributed by atoms with Gasteiger partial charge in [-0.25, -0.2) is 0 Å². The second-order valence-corrected chi connectivity index (χ2v) is 6.93. The molecule has 2 aliphatic rings. The van der Waals surface area contributed by atoms with Crippen molar-refractivity contribution in [1.29, 1.82) is 0 Å². The van der Waals surface area contributed by atoms with Gasteiger partial charge in [-0.1, -0.05) is 36.8 Å². The van der Waals surface area contributed by atoms with Gasteiger partial charge in [-0.2, -0.15) is 0 Å². The minimum absolute atomic E-state index is 0.0704. The summed E-state index contributed by atoms with van der Waals surface area (Å²) < 4.78 is 0. The van der Waals surface area contributed by atoms with E-state index in [-0.39, 0.29) is 17.7 Å². The number of carbonyl (C=O) groups is 2. The van der Waals surface area contributed by atoms with Gasteiger partial charge in [0, 0.05) is 31.7 Å². The molecule has 2 amide bonds. The molecule has 1 aromatic carbocycles. The highest BCUT2D eigenvalue weighted by molar-refractivity contribution is 6.01. The van der Waals surface area contributed by atoms with Crippen molar-refractivity contribution in [3.63, 3.8) is 0 Å². The number of anilines is 1. The van der Waals surface area contributed by atoms with Gasteiger partial charge in [0.2, 0.25) is 11.8 Å². The van der Waals surface area contributed by atoms with E-state index in [0.29, 0.717) is 19.5 Å². The Hall–Kier alpha value is -2.10. The lowest BCUT2D eigenvalue weighted by Crippen LogP contribution is -2.40. The van der Waals surface area contributed by atoms with Crippen LogP contribution in [-0.4, -0.2) is 36.3 Å². The largest absolute Gasteiger partial charge is 0.338 e. The summed E-state index contributed by atoms with van der Waals surface area (Å²) in [5, 5.41) is 0. The van der Waals surface area contributed by atoms with Gasteiger partial charge in [0.05, 0.1) is 5.92 Å². The molecular formula is C20H26N2O2. The van der Waals surface area contributed by atoms with E-state index >= 15 is 0 Å². The molecule has 24 heavy (non-hydrogen) atoms. The molecule has 128 valence electrons. The highest BCUT2D eigenvalue weighted by Gasteiger charge is 2.38. The predicted octanol–water partition coefficient (Wildman–Crippen LogP) is 3.09. The smallest absolute Gasteiger partial charge is 0.228 e. The quantitative estimate of drug-likeness (QED) is 0.801. The Bertz CT molecular complexity index is 693. The Kier molecular flexibility index (Phi) is 4.74. The van der Waals surface area contributed by atoms with Crippen LogP contribution in [0.5, 0.6) is 0 Å². The van der Waals surface area contributed by atoms with E-state index in [1.165, 1.54) is 11.1 Å². The van der Waals surface area contributed by atoms with Crippen LogP contribution in [0.25, 0.3) is 0 Å². The number of aryl methyl sites for hydroxylation is 2. The fourth-order valence-electron chi connectivity index (χ4n) is 3.71. The Labute approximate surface area is 144 Å². The van der Waals surface area contributed by atoms with Crippen LogP contribution in [0.1, 0.15) is 37.8 Å². The van der Waals surface area contributed by atoms with Crippen molar-refractivity contribution < 1.29 is 9.59 Å². The average Bonchev–Trinajstić information content (AvgIpc) is 2.96. The summed E-state index contributed by atoms with van der Waals surface area (Å²) in [6, 6.07) is 6.14. The molecule has 0 radical (unpaired) electrons. The maximum absolute atomic E-state index is 12.8. The zero-order valence-corrected chi connectivity index (χ0v) is 14.8. The first-order valence-electron chi connectivity index (χ1n) is 8.84. The van der Waals surface area contributed by atoms with Crippen molar-refractivity contribution in [3.05, 3.63) is 41.0 Å². The molecular weight excluding hydrogens is 300 g/mol. The predicted molar refractivity (Wildman–Crippen MR) is 96.0 cm³/mol. The van der Waals surface area contributed by atoms with E-state index in [0.717, 1.165) is 30.6 Å². The minimum Gasteiger partial charge on any atom is -0.338 e. The molecule has 1 fully saturated rings. The Morgan fingerprint density at radius 2 is 2.08 bits per heavy atom. The first-order valence-corrected chi connectivity index (χ1v) is 8.84. The maximum Gasteiger partial charge on any atom is 0.228 e. The second-order valence-electron chi connectivity index (χ2n) is 6.93. The van der Waals surface area contributed by atoms with Crippen LogP contribution in [0, 0.1) is 12.8 Å². The van der Waals surface area contributed by atoms with Crippen LogP contribution in [0.2, 0.25) is 0 Å². The highest BCUT2D eigenvalue weighted by Crippen LogP contribution is 2.32. The lowest BCUT2D eigenvalue weighted by molar-refractivity contribution is -0.135. The number of hydrogen-bond acceptors (Lipinski definition) is 2. The molecule has 1 unspecified atom stereocenters. The molecule has 0 bridgehead atoms. The van der Waals surface area contributed by atoms with Crippen molar-refractivity contribution in [2.45, 2.75) is 40.0 Å². The number of nitrogens with zero attached hydrogens (tertiary/aromatic N) is 2. The summed E-state index contributed by atoms with van der Waals surface area (Å²) in [7, 11) is 0. The zero-order chi connectivity index (χ0) is 17.3. The normalized spacial score (nSPS) is 21.2. The minimum atomic E-state index is -0.214. The number of para-hydroxylation sites is 1. The monoisotopic (exact) mass is 326 g/mol. The molecule has 1 saturated heterocycles. The number of rotatable bonds is 3. The summed E-state index contributed by atoms with van der Waals surface area (Å²) in [5.41, 5.74) is 4.63. The SMILES string of the molecule is CCc1cccc(C)c1N1CC(C(=O)N2CC=C(C)CC2)CC1=O. The van der Waals surface area contributed by atoms with Crippen molar-refractivity contribution in [1.82, 2.24) is 4.90 Å². The van der Waals surface area contributed by atoms with Gasteiger partial charge >= 0.3 is 0 Å². The fourth-order valence-corrected chi connectivity index (χ4v) is 3.71. The maximum atomic E-state index is 12.8. The molecule has 2 aliphatic heterocycles. The van der Waals surface area contributed by atoms with Crippen molar-refractivity contribution in [3.8, 4) is 0 Å². The van der Waals surface area contributed by atoms with Crippen molar-refractivity contribution >= 4 is 17.5 Å². The Morgan fingerprint density at radius 3 is 2.75 bits per heavy atom. The van der Waals surface area contributed by atoms with E-state index in [4.69, 9.17) is 0 Å². The zero-order valence-electron chi connectivity index (χ0n) is 14.8. The van der Waals surface area contributed by atoms with Crippen LogP contribution in [-0.2, 0) is 16.0 Å². The van der Waals surface area contributed by atoms with Crippen LogP contribution < -0.4 is 4.90 Å². The van der Waals surface area contributed by atoms with Gasteiger partial charge in [-0.3, -0.25) is 9.59 Å². The van der Waals surface area contributed by atoms with Crippen LogP contribution in [0.3, 0.4) is 0 Å². The lowest BCUT2D eigenvalue weighted by Gasteiger charge is -2.28. The third kappa shape index (κ3) is 3.10. The molecule has 0 saturated carbocycles. The van der Waals surface area contributed by atoms with Gasteiger partial charge < -0.3 is 9.80 Å². The topological polar surface area (TPSA) is 40.6 Å². The van der Waals surface area contributed by atoms with E-state index < -0.39 is 0 Å². The Balaban J connectivity index is 1.78. The van der Waals surface area contributed by atoms with Crippen molar-refractivity contribution in [2.24, 2.45) is 5.92 Å². The third-order valence-electron chi connectivity index (χ3n) is 5.19. The summed E-state index contributed by atoms with van der Waals surface area (Å²) >= 11 is 0. The molecule has 1 aromatic rings. The molecule has 0 spiro atoms. The van der Waals surface area contributed by atoms with E-state index in [1.807, 2.05) is 28.9 Å². The Morgan fingerprint density at radius 1 is 1.29 bits per heavy atom. The van der Waals surface area contributed by atoms with Crippen LogP contribution in [0.4, 0.5) is 5.69 Å². The molecule has 4 heteroatoms. The standard InChI is InChI=1S/C20H26N2O2/c1-4-16-7-5-6-15(3)19(16)22-13-17(12-18(22)23)20(24)21-10-8-14(2)9-11-21/h5-8,17H,4,9-13H2,1-3H3. The first kappa shape index (κ1) is 16.7. The number of benzene rings is 1. The number of amides is 2. The molecule has 4 nitrogen and oxygen atoms in total. The van der Waals surface area contributed by atoms with Crippen LogP contribution >= 0.6 is 0 Å². The molecule has 3 rings (SSSR count). The average molecular weight is 326 g/mol. The van der Waals surface area contributed by atoms with Crippen LogP contribution in [0.15, 0.2) is 29.8 Å². The van der Waals surface area contributed by atoms with Crippen molar-refractivity contribution in [2.75, 3.05) is 24.5 Å². The van der Waals surface area contributed by atoms with Gasteiger partial charge in [0.1, 0.15) is 0 Å². The summed E-state index contributed by atoms with van der Waals surface area (Å²) in [6.45, 7) is 8.21. The lowest BCUT2D eigenvalue weighted by atomic mass is 10.0. The fraction of sp³-hybridized carbons (Fsp3) is 0.500. The third-order valence-corrected chi connectivity index (χ3v) is 5.19. The number of hydrogen-bond donors (Lipinski definition) is 0. The molecule has 1 atom stereocenters. The first-order chi connectivity index (χ1) is 11.5. The highest BCUT2D eigenvalue weighted by atomic mass is 16.2. The van der Waals surface area contributed by atoms with E-state index in [2.05, 4.69) is 26.0 Å². The van der Waals surface area contributed by atoms with Gasteiger partial charge in [-0.05, 0) is 37.8 Å². The number of carbonyl (C=O) groups excluding carboxylic acids is 2. The van der Waals surface area contributed by atoms with E-state index in [1.54, 1.807) is 0 Å². The molecule has 0 aromatic heterocycles.